The zero-order valence-corrected chi connectivity index (χ0v) is 13.5. The highest BCUT2D eigenvalue weighted by molar-refractivity contribution is 7.89. The van der Waals surface area contributed by atoms with Crippen molar-refractivity contribution in [2.24, 2.45) is 5.73 Å². The highest BCUT2D eigenvalue weighted by Gasteiger charge is 2.24. The molecule has 8 heteroatoms. The van der Waals surface area contributed by atoms with Gasteiger partial charge in [0.25, 0.3) is 10.0 Å². The Morgan fingerprint density at radius 1 is 1.13 bits per heavy atom. The molecule has 0 aliphatic carbocycles. The summed E-state index contributed by atoms with van der Waals surface area (Å²) in [4.78, 5) is 13.9. The lowest BCUT2D eigenvalue weighted by molar-refractivity contribution is 0.252. The monoisotopic (exact) mass is 335 g/mol. The predicted octanol–water partition coefficient (Wildman–Crippen LogP) is 1.78. The van der Waals surface area contributed by atoms with Gasteiger partial charge in [0.05, 0.1) is 12.0 Å². The van der Waals surface area contributed by atoms with Crippen LogP contribution in [0.5, 0.6) is 5.75 Å². The molecule has 0 heterocycles. The Morgan fingerprint density at radius 2 is 1.74 bits per heavy atom. The molecule has 23 heavy (non-hydrogen) atoms. The van der Waals surface area contributed by atoms with Crippen LogP contribution in [0, 0.1) is 6.92 Å². The number of rotatable bonds is 5. The number of para-hydroxylation sites is 2. The number of sulfonamides is 1. The van der Waals surface area contributed by atoms with Gasteiger partial charge in [-0.25, -0.2) is 18.2 Å². The van der Waals surface area contributed by atoms with Crippen LogP contribution in [-0.2, 0) is 10.0 Å². The van der Waals surface area contributed by atoms with E-state index in [0.29, 0.717) is 5.75 Å². The summed E-state index contributed by atoms with van der Waals surface area (Å²) < 4.78 is 30.0. The molecule has 0 aromatic heterocycles. The summed E-state index contributed by atoms with van der Waals surface area (Å²) in [6.07, 6.45) is 0. The topological polar surface area (TPSA) is 102 Å². The first kappa shape index (κ1) is 16.8. The standard InChI is InChI=1S/C15H17N3O4S/c1-11-7-9-12(10-8-11)23(20,21)17-18(15(16)19)13-5-3-4-6-14(13)22-2/h3-10,17H,1-2H3,(H2,16,19). The van der Waals surface area contributed by atoms with Crippen molar-refractivity contribution < 1.29 is 17.9 Å². The van der Waals surface area contributed by atoms with Crippen LogP contribution in [-0.4, -0.2) is 21.6 Å². The molecule has 3 N–H and O–H groups in total. The Morgan fingerprint density at radius 3 is 2.30 bits per heavy atom. The number of hydrogen-bond acceptors (Lipinski definition) is 4. The average molecular weight is 335 g/mol. The number of nitrogens with zero attached hydrogens (tertiary/aromatic N) is 1. The number of carbonyl (C=O) groups excluding carboxylic acids is 1. The largest absolute Gasteiger partial charge is 0.495 e. The number of anilines is 1. The first-order valence-electron chi connectivity index (χ1n) is 6.67. The van der Waals surface area contributed by atoms with Crippen molar-refractivity contribution in [3.63, 3.8) is 0 Å². The molecular weight excluding hydrogens is 318 g/mol. The highest BCUT2D eigenvalue weighted by atomic mass is 32.2. The van der Waals surface area contributed by atoms with E-state index in [2.05, 4.69) is 4.83 Å². The minimum Gasteiger partial charge on any atom is -0.495 e. The molecule has 0 spiro atoms. The second-order valence-corrected chi connectivity index (χ2v) is 6.41. The summed E-state index contributed by atoms with van der Waals surface area (Å²) >= 11 is 0. The molecule has 2 aromatic rings. The van der Waals surface area contributed by atoms with Crippen LogP contribution < -0.4 is 20.3 Å². The molecule has 0 saturated heterocycles. The van der Waals surface area contributed by atoms with Gasteiger partial charge >= 0.3 is 6.03 Å². The number of benzene rings is 2. The van der Waals surface area contributed by atoms with Crippen molar-refractivity contribution in [1.29, 1.82) is 0 Å². The van der Waals surface area contributed by atoms with Crippen molar-refractivity contribution >= 4 is 21.7 Å². The minimum atomic E-state index is -3.97. The maximum atomic E-state index is 12.4. The number of amides is 2. The lowest BCUT2D eigenvalue weighted by Crippen LogP contribution is -2.49. The number of ether oxygens (including phenoxy) is 1. The fraction of sp³-hybridized carbons (Fsp3) is 0.133. The van der Waals surface area contributed by atoms with Crippen LogP contribution in [0.3, 0.4) is 0 Å². The van der Waals surface area contributed by atoms with E-state index < -0.39 is 16.1 Å². The van der Waals surface area contributed by atoms with Crippen LogP contribution in [0.25, 0.3) is 0 Å². The highest BCUT2D eigenvalue weighted by Crippen LogP contribution is 2.27. The van der Waals surface area contributed by atoms with E-state index in [1.54, 1.807) is 30.3 Å². The second-order valence-electron chi connectivity index (χ2n) is 4.75. The maximum absolute atomic E-state index is 12.4. The van der Waals surface area contributed by atoms with Gasteiger partial charge in [0, 0.05) is 0 Å². The van der Waals surface area contributed by atoms with Crippen LogP contribution in [0.1, 0.15) is 5.56 Å². The Kier molecular flexibility index (Phi) is 4.87. The minimum absolute atomic E-state index is 0.0178. The first-order valence-corrected chi connectivity index (χ1v) is 8.15. The van der Waals surface area contributed by atoms with Crippen molar-refractivity contribution in [1.82, 2.24) is 4.83 Å². The molecule has 2 aromatic carbocycles. The molecule has 2 rings (SSSR count). The molecule has 0 aliphatic rings. The lowest BCUT2D eigenvalue weighted by Gasteiger charge is -2.22. The molecular formula is C15H17N3O4S. The van der Waals surface area contributed by atoms with Gasteiger partial charge in [-0.15, -0.1) is 4.83 Å². The molecule has 0 fully saturated rings. The van der Waals surface area contributed by atoms with Gasteiger partial charge in [-0.05, 0) is 31.2 Å². The molecule has 0 radical (unpaired) electrons. The molecule has 7 nitrogen and oxygen atoms in total. The molecule has 0 bridgehead atoms. The van der Waals surface area contributed by atoms with E-state index in [1.807, 2.05) is 6.92 Å². The summed E-state index contributed by atoms with van der Waals surface area (Å²) in [5.74, 6) is 0.304. The van der Waals surface area contributed by atoms with Gasteiger partial charge in [0.15, 0.2) is 0 Å². The summed E-state index contributed by atoms with van der Waals surface area (Å²) in [5, 5.41) is 0.730. The quantitative estimate of drug-likeness (QED) is 0.813. The number of methoxy groups -OCH3 is 1. The van der Waals surface area contributed by atoms with Crippen molar-refractivity contribution in [3.8, 4) is 5.75 Å². The zero-order valence-electron chi connectivity index (χ0n) is 12.7. The summed E-state index contributed by atoms with van der Waals surface area (Å²) in [6, 6.07) is 11.7. The molecule has 2 amide bonds. The van der Waals surface area contributed by atoms with E-state index >= 15 is 0 Å². The summed E-state index contributed by atoms with van der Waals surface area (Å²) in [5.41, 5.74) is 6.42. The normalized spacial score (nSPS) is 11.0. The second kappa shape index (κ2) is 6.67. The third kappa shape index (κ3) is 3.79. The van der Waals surface area contributed by atoms with Crippen molar-refractivity contribution in [2.45, 2.75) is 11.8 Å². The fourth-order valence-corrected chi connectivity index (χ4v) is 2.95. The van der Waals surface area contributed by atoms with Crippen LogP contribution >= 0.6 is 0 Å². The first-order chi connectivity index (χ1) is 10.8. The predicted molar refractivity (Wildman–Crippen MR) is 86.6 cm³/mol. The zero-order chi connectivity index (χ0) is 17.0. The number of primary amides is 1. The van der Waals surface area contributed by atoms with E-state index in [4.69, 9.17) is 10.5 Å². The Labute approximate surface area is 134 Å². The van der Waals surface area contributed by atoms with Gasteiger partial charge in [-0.2, -0.15) is 0 Å². The van der Waals surface area contributed by atoms with Gasteiger partial charge in [-0.3, -0.25) is 0 Å². The van der Waals surface area contributed by atoms with Gasteiger partial charge < -0.3 is 10.5 Å². The third-order valence-corrected chi connectivity index (χ3v) is 4.40. The Hall–Kier alpha value is -2.58. The Balaban J connectivity index is 2.40. The molecule has 0 atom stereocenters. The number of nitrogens with two attached hydrogens (primary N) is 1. The molecule has 0 unspecified atom stereocenters. The van der Waals surface area contributed by atoms with Gasteiger partial charge in [-0.1, -0.05) is 29.8 Å². The number of hydrazine groups is 1. The van der Waals surface area contributed by atoms with Crippen molar-refractivity contribution in [3.05, 3.63) is 54.1 Å². The van der Waals surface area contributed by atoms with Crippen LogP contribution in [0.4, 0.5) is 10.5 Å². The third-order valence-electron chi connectivity index (χ3n) is 3.09. The molecule has 0 saturated carbocycles. The Bertz CT molecular complexity index is 804. The van der Waals surface area contributed by atoms with E-state index in [0.717, 1.165) is 10.6 Å². The van der Waals surface area contributed by atoms with Crippen LogP contribution in [0.15, 0.2) is 53.4 Å². The number of hydrogen-bond donors (Lipinski definition) is 2. The molecule has 0 aliphatic heterocycles. The average Bonchev–Trinajstić information content (AvgIpc) is 2.53. The number of nitrogens with one attached hydrogen (secondary N) is 1. The van der Waals surface area contributed by atoms with Gasteiger partial charge in [0.2, 0.25) is 0 Å². The van der Waals surface area contributed by atoms with E-state index in [9.17, 15) is 13.2 Å². The maximum Gasteiger partial charge on any atom is 0.334 e. The van der Waals surface area contributed by atoms with E-state index in [-0.39, 0.29) is 10.6 Å². The number of aryl methyl sites for hydroxylation is 1. The van der Waals surface area contributed by atoms with Crippen LogP contribution in [0.2, 0.25) is 0 Å². The summed E-state index contributed by atoms with van der Waals surface area (Å²) in [6.45, 7) is 1.84. The lowest BCUT2D eigenvalue weighted by atomic mass is 10.2. The van der Waals surface area contributed by atoms with E-state index in [1.165, 1.54) is 25.3 Å². The molecule has 122 valence electrons. The van der Waals surface area contributed by atoms with Crippen molar-refractivity contribution in [2.75, 3.05) is 12.1 Å². The summed E-state index contributed by atoms with van der Waals surface area (Å²) in [7, 11) is -2.57. The SMILES string of the molecule is COc1ccccc1N(NS(=O)(=O)c1ccc(C)cc1)C(N)=O. The number of urea groups is 1. The fourth-order valence-electron chi connectivity index (χ4n) is 1.92. The van der Waals surface area contributed by atoms with Gasteiger partial charge in [0.1, 0.15) is 11.4 Å². The smallest absolute Gasteiger partial charge is 0.334 e. The number of carbonyl (C=O) groups is 1.